The van der Waals surface area contributed by atoms with Crippen LogP contribution in [0.1, 0.15) is 18.4 Å². The summed E-state index contributed by atoms with van der Waals surface area (Å²) in [6, 6.07) is 10.5. The molecule has 0 saturated heterocycles. The Morgan fingerprint density at radius 1 is 1.23 bits per heavy atom. The number of sulfone groups is 1. The molecule has 0 radical (unpaired) electrons. The first kappa shape index (κ1) is 19.2. The van der Waals surface area contributed by atoms with E-state index in [2.05, 4.69) is 39.9 Å². The van der Waals surface area contributed by atoms with Crippen LogP contribution >= 0.6 is 24.0 Å². The predicted molar refractivity (Wildman–Crippen MR) is 102 cm³/mol. The second kappa shape index (κ2) is 8.14. The third-order valence-electron chi connectivity index (χ3n) is 3.82. The molecule has 1 aromatic carbocycles. The fraction of sp³-hybridized carbons (Fsp3) is 0.533. The highest BCUT2D eigenvalue weighted by Crippen LogP contribution is 2.47. The highest BCUT2D eigenvalue weighted by molar-refractivity contribution is 14.0. The summed E-state index contributed by atoms with van der Waals surface area (Å²) in [5.74, 6) is 0.762. The maximum atomic E-state index is 11.1. The van der Waals surface area contributed by atoms with Crippen LogP contribution in [0.2, 0.25) is 0 Å². The van der Waals surface area contributed by atoms with E-state index >= 15 is 0 Å². The van der Waals surface area contributed by atoms with Crippen LogP contribution in [-0.4, -0.2) is 46.5 Å². The van der Waals surface area contributed by atoms with Crippen molar-refractivity contribution in [3.63, 3.8) is 0 Å². The molecule has 1 aromatic rings. The van der Waals surface area contributed by atoms with Crippen molar-refractivity contribution in [1.82, 2.24) is 10.6 Å². The van der Waals surface area contributed by atoms with Crippen LogP contribution < -0.4 is 10.6 Å². The van der Waals surface area contributed by atoms with Gasteiger partial charge in [-0.1, -0.05) is 30.3 Å². The first-order valence-corrected chi connectivity index (χ1v) is 9.19. The number of nitrogens with zero attached hydrogens (tertiary/aromatic N) is 1. The molecule has 0 atom stereocenters. The minimum absolute atomic E-state index is 0. The lowest BCUT2D eigenvalue weighted by Gasteiger charge is -2.19. The summed E-state index contributed by atoms with van der Waals surface area (Å²) < 4.78 is 22.2. The average molecular weight is 437 g/mol. The van der Waals surface area contributed by atoms with E-state index in [9.17, 15) is 8.42 Å². The van der Waals surface area contributed by atoms with E-state index in [1.165, 1.54) is 24.7 Å². The minimum Gasteiger partial charge on any atom is -0.356 e. The van der Waals surface area contributed by atoms with Crippen molar-refractivity contribution in [2.24, 2.45) is 4.99 Å². The van der Waals surface area contributed by atoms with Gasteiger partial charge in [-0.15, -0.1) is 24.0 Å². The van der Waals surface area contributed by atoms with E-state index < -0.39 is 9.84 Å². The average Bonchev–Trinajstić information content (AvgIpc) is 3.23. The van der Waals surface area contributed by atoms with Gasteiger partial charge in [0.25, 0.3) is 0 Å². The molecule has 2 N–H and O–H groups in total. The number of nitrogens with one attached hydrogen (secondary N) is 2. The zero-order chi connectivity index (χ0) is 15.3. The number of rotatable bonds is 6. The van der Waals surface area contributed by atoms with E-state index in [4.69, 9.17) is 0 Å². The van der Waals surface area contributed by atoms with Crippen molar-refractivity contribution in [3.05, 3.63) is 35.9 Å². The lowest BCUT2D eigenvalue weighted by molar-refractivity contribution is 0.599. The van der Waals surface area contributed by atoms with Gasteiger partial charge in [0.1, 0.15) is 9.84 Å². The van der Waals surface area contributed by atoms with E-state index in [0.717, 1.165) is 6.54 Å². The van der Waals surface area contributed by atoms with E-state index in [0.29, 0.717) is 12.5 Å². The van der Waals surface area contributed by atoms with Crippen LogP contribution in [0, 0.1) is 0 Å². The third kappa shape index (κ3) is 5.75. The highest BCUT2D eigenvalue weighted by Gasteiger charge is 2.43. The van der Waals surface area contributed by atoms with Crippen molar-refractivity contribution in [1.29, 1.82) is 0 Å². The fourth-order valence-electron chi connectivity index (χ4n) is 2.34. The number of guanidine groups is 1. The lowest BCUT2D eigenvalue weighted by Crippen LogP contribution is -2.42. The number of hydrogen-bond donors (Lipinski definition) is 2. The molecule has 1 aliphatic carbocycles. The summed E-state index contributed by atoms with van der Waals surface area (Å²) in [4.78, 5) is 4.13. The van der Waals surface area contributed by atoms with Gasteiger partial charge in [0.15, 0.2) is 5.96 Å². The molecule has 0 heterocycles. The molecule has 1 aliphatic rings. The highest BCUT2D eigenvalue weighted by atomic mass is 127. The monoisotopic (exact) mass is 437 g/mol. The number of halogens is 1. The first-order chi connectivity index (χ1) is 9.95. The Bertz CT molecular complexity index is 598. The van der Waals surface area contributed by atoms with E-state index in [1.807, 2.05) is 6.07 Å². The van der Waals surface area contributed by atoms with Gasteiger partial charge in [-0.3, -0.25) is 4.99 Å². The summed E-state index contributed by atoms with van der Waals surface area (Å²) >= 11 is 0. The smallest absolute Gasteiger partial charge is 0.191 e. The van der Waals surface area contributed by atoms with E-state index in [-0.39, 0.29) is 35.1 Å². The Hall–Kier alpha value is -0.830. The normalized spacial score (nSPS) is 16.5. The van der Waals surface area contributed by atoms with Crippen LogP contribution in [0.4, 0.5) is 0 Å². The van der Waals surface area contributed by atoms with Crippen molar-refractivity contribution >= 4 is 39.8 Å². The molecule has 1 fully saturated rings. The topological polar surface area (TPSA) is 70.6 Å². The summed E-state index contributed by atoms with van der Waals surface area (Å²) in [5.41, 5.74) is 1.56. The molecule has 2 rings (SSSR count). The quantitative estimate of drug-likeness (QED) is 0.403. The van der Waals surface area contributed by atoms with Gasteiger partial charge in [0.05, 0.1) is 5.75 Å². The van der Waals surface area contributed by atoms with Crippen LogP contribution in [0.15, 0.2) is 35.3 Å². The summed E-state index contributed by atoms with van der Waals surface area (Å²) in [7, 11) is -1.25. The zero-order valence-electron chi connectivity index (χ0n) is 13.0. The SMILES string of the molecule is CN=C(NCCS(C)(=O)=O)NCC1(c2ccccc2)CC1.I. The van der Waals surface area contributed by atoms with Crippen molar-refractivity contribution in [2.45, 2.75) is 18.3 Å². The molecule has 0 bridgehead atoms. The van der Waals surface area contributed by atoms with Crippen molar-refractivity contribution in [3.8, 4) is 0 Å². The predicted octanol–water partition coefficient (Wildman–Crippen LogP) is 1.55. The largest absolute Gasteiger partial charge is 0.356 e. The third-order valence-corrected chi connectivity index (χ3v) is 4.77. The van der Waals surface area contributed by atoms with Crippen LogP contribution in [0.3, 0.4) is 0 Å². The Morgan fingerprint density at radius 2 is 1.86 bits per heavy atom. The maximum Gasteiger partial charge on any atom is 0.191 e. The van der Waals surface area contributed by atoms with Gasteiger partial charge in [-0.05, 0) is 18.4 Å². The number of hydrogen-bond acceptors (Lipinski definition) is 3. The summed E-state index contributed by atoms with van der Waals surface area (Å²) in [6.45, 7) is 1.19. The fourth-order valence-corrected chi connectivity index (χ4v) is 2.81. The molecular weight excluding hydrogens is 413 g/mol. The van der Waals surface area contributed by atoms with Crippen LogP contribution in [0.25, 0.3) is 0 Å². The molecule has 0 amide bonds. The Balaban J connectivity index is 0.00000242. The summed E-state index contributed by atoms with van der Waals surface area (Å²) in [5, 5.41) is 6.34. The first-order valence-electron chi connectivity index (χ1n) is 7.13. The maximum absolute atomic E-state index is 11.1. The van der Waals surface area contributed by atoms with Crippen LogP contribution in [0.5, 0.6) is 0 Å². The Labute approximate surface area is 149 Å². The van der Waals surface area contributed by atoms with Gasteiger partial charge in [0, 0.05) is 31.8 Å². The second-order valence-corrected chi connectivity index (χ2v) is 7.89. The van der Waals surface area contributed by atoms with Gasteiger partial charge in [0.2, 0.25) is 0 Å². The molecular formula is C15H24IN3O2S. The molecule has 0 aliphatic heterocycles. The molecule has 1 saturated carbocycles. The molecule has 0 aromatic heterocycles. The Kier molecular flexibility index (Phi) is 7.11. The number of benzene rings is 1. The van der Waals surface area contributed by atoms with Gasteiger partial charge in [-0.2, -0.15) is 0 Å². The van der Waals surface area contributed by atoms with Gasteiger partial charge < -0.3 is 10.6 Å². The minimum atomic E-state index is -2.95. The second-order valence-electron chi connectivity index (χ2n) is 5.63. The van der Waals surface area contributed by atoms with Gasteiger partial charge >= 0.3 is 0 Å². The summed E-state index contributed by atoms with van der Waals surface area (Å²) in [6.07, 6.45) is 3.58. The van der Waals surface area contributed by atoms with Gasteiger partial charge in [-0.25, -0.2) is 8.42 Å². The zero-order valence-corrected chi connectivity index (χ0v) is 16.1. The van der Waals surface area contributed by atoms with Crippen molar-refractivity contribution in [2.75, 3.05) is 32.1 Å². The Morgan fingerprint density at radius 3 is 2.36 bits per heavy atom. The van der Waals surface area contributed by atoms with Crippen LogP contribution in [-0.2, 0) is 15.3 Å². The molecule has 22 heavy (non-hydrogen) atoms. The molecule has 0 unspecified atom stereocenters. The molecule has 5 nitrogen and oxygen atoms in total. The standard InChI is InChI=1S/C15H23N3O2S.HI/c1-16-14(17-10-11-21(2,19)20)18-12-15(8-9-15)13-6-4-3-5-7-13;/h3-7H,8-12H2,1-2H3,(H2,16,17,18);1H. The van der Waals surface area contributed by atoms with E-state index in [1.54, 1.807) is 7.05 Å². The molecule has 7 heteroatoms. The molecule has 124 valence electrons. The number of aliphatic imine (C=N–C) groups is 1. The molecule has 0 spiro atoms. The van der Waals surface area contributed by atoms with Crippen molar-refractivity contribution < 1.29 is 8.42 Å². The lowest BCUT2D eigenvalue weighted by atomic mass is 9.96.